The quantitative estimate of drug-likeness (QED) is 0.160. The topological polar surface area (TPSA) is 95.3 Å². The lowest BCUT2D eigenvalue weighted by Crippen LogP contribution is -2.16. The van der Waals surface area contributed by atoms with Gasteiger partial charge in [0.25, 0.3) is 0 Å². The average Bonchev–Trinajstić information content (AvgIpc) is 3.34. The molecule has 0 unspecified atom stereocenters. The van der Waals surface area contributed by atoms with E-state index in [1.54, 1.807) is 31.4 Å². The molecule has 0 atom stereocenters. The van der Waals surface area contributed by atoms with Gasteiger partial charge in [-0.3, -0.25) is 9.36 Å². The van der Waals surface area contributed by atoms with Crippen molar-refractivity contribution in [2.24, 2.45) is 0 Å². The number of allylic oxidation sites excluding steroid dienone is 1. The Balaban J connectivity index is 1.54. The van der Waals surface area contributed by atoms with Crippen LogP contribution in [0.1, 0.15) is 40.1 Å². The normalized spacial score (nSPS) is 13.0. The zero-order chi connectivity index (χ0) is 25.7. The van der Waals surface area contributed by atoms with E-state index in [9.17, 15) is 9.59 Å². The molecule has 2 aromatic heterocycles. The molecule has 2 heterocycles. The highest BCUT2D eigenvalue weighted by molar-refractivity contribution is 7.99. The van der Waals surface area contributed by atoms with Gasteiger partial charge < -0.3 is 14.8 Å². The van der Waals surface area contributed by atoms with Gasteiger partial charge in [-0.15, -0.1) is 28.1 Å². The maximum Gasteiger partial charge on any atom is 0.341 e. The third-order valence-corrected chi connectivity index (χ3v) is 8.24. The van der Waals surface area contributed by atoms with Crippen LogP contribution in [0.5, 0.6) is 5.75 Å². The van der Waals surface area contributed by atoms with Gasteiger partial charge >= 0.3 is 5.97 Å². The van der Waals surface area contributed by atoms with Gasteiger partial charge in [-0.05, 0) is 49.4 Å². The molecule has 1 amide bonds. The molecular formula is C25H27ClN4O4S2. The first-order valence-corrected chi connectivity index (χ1v) is 13.7. The zero-order valence-electron chi connectivity index (χ0n) is 20.1. The number of nitrogens with zero attached hydrogens (tertiary/aromatic N) is 3. The number of halogens is 1. The van der Waals surface area contributed by atoms with Crippen molar-refractivity contribution in [2.75, 3.05) is 25.3 Å². The van der Waals surface area contributed by atoms with Crippen LogP contribution in [0.2, 0.25) is 5.02 Å². The lowest BCUT2D eigenvalue weighted by Gasteiger charge is -2.11. The maximum absolute atomic E-state index is 12.9. The van der Waals surface area contributed by atoms with Crippen molar-refractivity contribution in [3.8, 4) is 17.1 Å². The Morgan fingerprint density at radius 1 is 1.25 bits per heavy atom. The number of carbonyl (C=O) groups is 2. The Labute approximate surface area is 223 Å². The maximum atomic E-state index is 12.9. The number of thioether (sulfide) groups is 1. The van der Waals surface area contributed by atoms with Crippen LogP contribution < -0.4 is 10.1 Å². The number of amides is 1. The number of hydrogen-bond donors (Lipinski definition) is 1. The van der Waals surface area contributed by atoms with E-state index in [0.29, 0.717) is 44.4 Å². The molecule has 0 saturated heterocycles. The van der Waals surface area contributed by atoms with Crippen molar-refractivity contribution in [1.29, 1.82) is 0 Å². The number of aromatic nitrogens is 3. The fraction of sp³-hybridized carbons (Fsp3) is 0.360. The van der Waals surface area contributed by atoms with E-state index < -0.39 is 5.97 Å². The second-order valence-corrected chi connectivity index (χ2v) is 10.6. The van der Waals surface area contributed by atoms with Crippen molar-refractivity contribution in [1.82, 2.24) is 14.8 Å². The zero-order valence-corrected chi connectivity index (χ0v) is 22.5. The summed E-state index contributed by atoms with van der Waals surface area (Å²) in [7, 11) is 2.94. The highest BCUT2D eigenvalue weighted by Gasteiger charge is 2.26. The van der Waals surface area contributed by atoms with Crippen LogP contribution in [0, 0.1) is 0 Å². The summed E-state index contributed by atoms with van der Waals surface area (Å²) in [5, 5.41) is 13.2. The van der Waals surface area contributed by atoms with Crippen LogP contribution in [0.3, 0.4) is 0 Å². The molecule has 0 bridgehead atoms. The van der Waals surface area contributed by atoms with Crippen LogP contribution in [0.15, 0.2) is 36.0 Å². The number of anilines is 1. The van der Waals surface area contributed by atoms with Crippen molar-refractivity contribution in [2.45, 2.75) is 43.8 Å². The van der Waals surface area contributed by atoms with E-state index in [1.807, 2.05) is 4.57 Å². The standard InChI is InChI=1S/C25H27ClN4O4S2/c1-4-12-30-22(17-13-15(26)10-11-18(17)33-2)28-29-25(30)35-14-20(31)27-23-21(24(32)34-3)16-8-6-5-7-9-19(16)36-23/h4,10-11,13H,1,5-9,12,14H2,2-3H3,(H,27,31). The Hall–Kier alpha value is -2.82. The summed E-state index contributed by atoms with van der Waals surface area (Å²) < 4.78 is 12.4. The number of methoxy groups -OCH3 is 2. The lowest BCUT2D eigenvalue weighted by molar-refractivity contribution is -0.113. The molecule has 3 aromatic rings. The number of thiophene rings is 1. The number of hydrogen-bond acceptors (Lipinski definition) is 8. The monoisotopic (exact) mass is 546 g/mol. The summed E-state index contributed by atoms with van der Waals surface area (Å²) in [5.41, 5.74) is 2.19. The molecule has 1 N–H and O–H groups in total. The van der Waals surface area contributed by atoms with Crippen LogP contribution in [-0.4, -0.2) is 46.6 Å². The summed E-state index contributed by atoms with van der Waals surface area (Å²) in [5.74, 6) is 0.608. The third-order valence-electron chi connectivity index (χ3n) is 5.83. The van der Waals surface area contributed by atoms with E-state index in [2.05, 4.69) is 22.1 Å². The third kappa shape index (κ3) is 5.61. The van der Waals surface area contributed by atoms with Crippen LogP contribution in [0.25, 0.3) is 11.4 Å². The second kappa shape index (κ2) is 11.9. The highest BCUT2D eigenvalue weighted by atomic mass is 35.5. The first-order valence-electron chi connectivity index (χ1n) is 11.5. The first kappa shape index (κ1) is 26.2. The fourth-order valence-electron chi connectivity index (χ4n) is 4.18. The van der Waals surface area contributed by atoms with Gasteiger partial charge in [0, 0.05) is 16.4 Å². The molecule has 1 aromatic carbocycles. The van der Waals surface area contributed by atoms with Gasteiger partial charge in [-0.1, -0.05) is 35.9 Å². The minimum atomic E-state index is -0.414. The van der Waals surface area contributed by atoms with Crippen molar-refractivity contribution >= 4 is 51.6 Å². The number of nitrogens with one attached hydrogen (secondary N) is 1. The molecule has 0 radical (unpaired) electrons. The Morgan fingerprint density at radius 2 is 2.06 bits per heavy atom. The Kier molecular flexibility index (Phi) is 8.71. The minimum absolute atomic E-state index is 0.0884. The van der Waals surface area contributed by atoms with Crippen molar-refractivity contribution in [3.05, 3.63) is 51.9 Å². The molecule has 0 aliphatic heterocycles. The summed E-state index contributed by atoms with van der Waals surface area (Å²) in [6, 6.07) is 5.28. The first-order chi connectivity index (χ1) is 17.5. The fourth-order valence-corrected chi connectivity index (χ4v) is 6.40. The second-order valence-electron chi connectivity index (χ2n) is 8.15. The lowest BCUT2D eigenvalue weighted by atomic mass is 10.1. The summed E-state index contributed by atoms with van der Waals surface area (Å²) in [6.07, 6.45) is 6.70. The molecular weight excluding hydrogens is 520 g/mol. The summed E-state index contributed by atoms with van der Waals surface area (Å²) >= 11 is 8.93. The average molecular weight is 547 g/mol. The van der Waals surface area contributed by atoms with E-state index in [0.717, 1.165) is 42.5 Å². The highest BCUT2D eigenvalue weighted by Crippen LogP contribution is 2.38. The Bertz CT molecular complexity index is 1290. The number of fused-ring (bicyclic) bond motifs is 1. The molecule has 190 valence electrons. The van der Waals surface area contributed by atoms with Gasteiger partial charge in [0.15, 0.2) is 11.0 Å². The minimum Gasteiger partial charge on any atom is -0.496 e. The van der Waals surface area contributed by atoms with Gasteiger partial charge in [0.05, 0.1) is 31.1 Å². The van der Waals surface area contributed by atoms with E-state index in [1.165, 1.54) is 30.2 Å². The van der Waals surface area contributed by atoms with Crippen molar-refractivity contribution < 1.29 is 19.1 Å². The number of benzene rings is 1. The predicted octanol–water partition coefficient (Wildman–Crippen LogP) is 5.64. The van der Waals surface area contributed by atoms with E-state index >= 15 is 0 Å². The number of aryl methyl sites for hydroxylation is 1. The van der Waals surface area contributed by atoms with Gasteiger partial charge in [-0.25, -0.2) is 4.79 Å². The molecule has 1 aliphatic rings. The van der Waals surface area contributed by atoms with Gasteiger partial charge in [-0.2, -0.15) is 0 Å². The van der Waals surface area contributed by atoms with Gasteiger partial charge in [0.2, 0.25) is 5.91 Å². The van der Waals surface area contributed by atoms with Crippen LogP contribution in [-0.2, 0) is 28.9 Å². The summed E-state index contributed by atoms with van der Waals surface area (Å²) in [6.45, 7) is 4.27. The van der Waals surface area contributed by atoms with Gasteiger partial charge in [0.1, 0.15) is 10.8 Å². The number of ether oxygens (including phenoxy) is 2. The predicted molar refractivity (Wildman–Crippen MR) is 143 cm³/mol. The van der Waals surface area contributed by atoms with Crippen molar-refractivity contribution in [3.63, 3.8) is 0 Å². The molecule has 0 spiro atoms. The number of carbonyl (C=O) groups excluding carboxylic acids is 2. The largest absolute Gasteiger partial charge is 0.496 e. The number of esters is 1. The van der Waals surface area contributed by atoms with E-state index in [-0.39, 0.29) is 11.7 Å². The van der Waals surface area contributed by atoms with Crippen LogP contribution >= 0.6 is 34.7 Å². The van der Waals surface area contributed by atoms with Crippen LogP contribution in [0.4, 0.5) is 5.00 Å². The molecule has 36 heavy (non-hydrogen) atoms. The SMILES string of the molecule is C=CCn1c(SCC(=O)Nc2sc3c(c2C(=O)OC)CCCCC3)nnc1-c1cc(Cl)ccc1OC. The Morgan fingerprint density at radius 3 is 2.81 bits per heavy atom. The molecule has 11 heteroatoms. The smallest absolute Gasteiger partial charge is 0.341 e. The number of rotatable bonds is 9. The summed E-state index contributed by atoms with van der Waals surface area (Å²) in [4.78, 5) is 26.6. The van der Waals surface area contributed by atoms with E-state index in [4.69, 9.17) is 21.1 Å². The molecule has 4 rings (SSSR count). The molecule has 0 saturated carbocycles. The molecule has 1 aliphatic carbocycles. The molecule has 0 fully saturated rings. The molecule has 8 nitrogen and oxygen atoms in total.